The molecule has 1 aromatic heterocycles. The van der Waals surface area contributed by atoms with Gasteiger partial charge in [-0.1, -0.05) is 6.07 Å². The molecule has 1 aliphatic rings. The first-order valence-corrected chi connectivity index (χ1v) is 6.96. The molecule has 1 aliphatic carbocycles. The van der Waals surface area contributed by atoms with Crippen LogP contribution in [0.5, 0.6) is 5.75 Å². The molecule has 1 fully saturated rings. The van der Waals surface area contributed by atoms with E-state index in [1.807, 2.05) is 25.1 Å². The fourth-order valence-corrected chi connectivity index (χ4v) is 2.15. The van der Waals surface area contributed by atoms with Crippen LogP contribution in [0.2, 0.25) is 0 Å². The second-order valence-electron chi connectivity index (χ2n) is 5.19. The van der Waals surface area contributed by atoms with Gasteiger partial charge in [0.2, 0.25) is 0 Å². The molecule has 5 heteroatoms. The maximum absolute atomic E-state index is 12.3. The van der Waals surface area contributed by atoms with Crippen molar-refractivity contribution in [1.29, 1.82) is 0 Å². The number of aryl methyl sites for hydroxylation is 1. The minimum absolute atomic E-state index is 0.205. The third-order valence-corrected chi connectivity index (χ3v) is 3.51. The van der Waals surface area contributed by atoms with Crippen LogP contribution in [0.25, 0.3) is 0 Å². The Balaban J connectivity index is 1.78. The third kappa shape index (κ3) is 3.02. The van der Waals surface area contributed by atoms with Gasteiger partial charge in [-0.05, 0) is 31.9 Å². The Kier molecular flexibility index (Phi) is 3.56. The molecule has 5 nitrogen and oxygen atoms in total. The number of nitrogens with one attached hydrogen (secondary N) is 1. The summed E-state index contributed by atoms with van der Waals surface area (Å²) in [5.74, 6) is 1.83. The van der Waals surface area contributed by atoms with E-state index < -0.39 is 0 Å². The van der Waals surface area contributed by atoms with Gasteiger partial charge in [-0.3, -0.25) is 4.79 Å². The molecule has 108 valence electrons. The summed E-state index contributed by atoms with van der Waals surface area (Å²) in [7, 11) is 1.59. The lowest BCUT2D eigenvalue weighted by molar-refractivity contribution is 0.102. The Morgan fingerprint density at radius 2 is 2.19 bits per heavy atom. The quantitative estimate of drug-likeness (QED) is 0.937. The molecule has 1 heterocycles. The van der Waals surface area contributed by atoms with Gasteiger partial charge in [-0.25, -0.2) is 9.97 Å². The summed E-state index contributed by atoms with van der Waals surface area (Å²) in [6.45, 7) is 1.84. The molecule has 2 aromatic rings. The fraction of sp³-hybridized carbons (Fsp3) is 0.312. The SMILES string of the molecule is COc1cccc(NC(=O)c2cnc(C3CC3)nc2C)c1. The molecular formula is C16H17N3O2. The summed E-state index contributed by atoms with van der Waals surface area (Å²) in [6, 6.07) is 7.24. The van der Waals surface area contributed by atoms with Crippen LogP contribution < -0.4 is 10.1 Å². The lowest BCUT2D eigenvalue weighted by atomic mass is 10.2. The fourth-order valence-electron chi connectivity index (χ4n) is 2.15. The van der Waals surface area contributed by atoms with E-state index in [1.165, 1.54) is 0 Å². The largest absolute Gasteiger partial charge is 0.497 e. The molecular weight excluding hydrogens is 266 g/mol. The van der Waals surface area contributed by atoms with Crippen molar-refractivity contribution in [2.45, 2.75) is 25.7 Å². The molecule has 1 amide bonds. The molecule has 0 atom stereocenters. The van der Waals surface area contributed by atoms with E-state index in [9.17, 15) is 4.79 Å². The van der Waals surface area contributed by atoms with E-state index in [-0.39, 0.29) is 5.91 Å². The maximum Gasteiger partial charge on any atom is 0.259 e. The van der Waals surface area contributed by atoms with E-state index in [4.69, 9.17) is 4.74 Å². The summed E-state index contributed by atoms with van der Waals surface area (Å²) in [5.41, 5.74) is 1.90. The second-order valence-corrected chi connectivity index (χ2v) is 5.19. The zero-order chi connectivity index (χ0) is 14.8. The van der Waals surface area contributed by atoms with Crippen LogP contribution >= 0.6 is 0 Å². The predicted octanol–water partition coefficient (Wildman–Crippen LogP) is 2.92. The van der Waals surface area contributed by atoms with Gasteiger partial charge in [0.15, 0.2) is 0 Å². The normalized spacial score (nSPS) is 13.8. The number of nitrogens with zero attached hydrogens (tertiary/aromatic N) is 2. The first-order valence-electron chi connectivity index (χ1n) is 6.96. The van der Waals surface area contributed by atoms with Crippen molar-refractivity contribution < 1.29 is 9.53 Å². The van der Waals surface area contributed by atoms with Gasteiger partial charge < -0.3 is 10.1 Å². The Labute approximate surface area is 123 Å². The Morgan fingerprint density at radius 3 is 2.86 bits per heavy atom. The van der Waals surface area contributed by atoms with Gasteiger partial charge in [-0.2, -0.15) is 0 Å². The molecule has 0 aliphatic heterocycles. The standard InChI is InChI=1S/C16H17N3O2/c1-10-14(9-17-15(18-10)11-6-7-11)16(20)19-12-4-3-5-13(8-12)21-2/h3-5,8-9,11H,6-7H2,1-2H3,(H,19,20). The number of benzene rings is 1. The van der Waals surface area contributed by atoms with E-state index in [0.717, 1.165) is 18.7 Å². The molecule has 0 bridgehead atoms. The van der Waals surface area contributed by atoms with Crippen LogP contribution in [0, 0.1) is 6.92 Å². The Bertz CT molecular complexity index is 681. The summed E-state index contributed by atoms with van der Waals surface area (Å²) in [5, 5.41) is 2.84. The van der Waals surface area contributed by atoms with Gasteiger partial charge >= 0.3 is 0 Å². The monoisotopic (exact) mass is 283 g/mol. The van der Waals surface area contributed by atoms with E-state index >= 15 is 0 Å². The highest BCUT2D eigenvalue weighted by atomic mass is 16.5. The van der Waals surface area contributed by atoms with Crippen LogP contribution in [-0.4, -0.2) is 23.0 Å². The van der Waals surface area contributed by atoms with Crippen molar-refractivity contribution in [2.24, 2.45) is 0 Å². The van der Waals surface area contributed by atoms with Crippen molar-refractivity contribution in [1.82, 2.24) is 9.97 Å². The maximum atomic E-state index is 12.3. The number of anilines is 1. The minimum atomic E-state index is -0.205. The summed E-state index contributed by atoms with van der Waals surface area (Å²) in [6.07, 6.45) is 3.91. The highest BCUT2D eigenvalue weighted by molar-refractivity contribution is 6.04. The lowest BCUT2D eigenvalue weighted by Gasteiger charge is -2.09. The minimum Gasteiger partial charge on any atom is -0.497 e. The molecule has 21 heavy (non-hydrogen) atoms. The van der Waals surface area contributed by atoms with Gasteiger partial charge in [0.1, 0.15) is 11.6 Å². The van der Waals surface area contributed by atoms with E-state index in [1.54, 1.807) is 19.4 Å². The number of rotatable bonds is 4. The average Bonchev–Trinajstić information content (AvgIpc) is 3.32. The van der Waals surface area contributed by atoms with Gasteiger partial charge in [0.25, 0.3) is 5.91 Å². The highest BCUT2D eigenvalue weighted by Gasteiger charge is 2.27. The summed E-state index contributed by atoms with van der Waals surface area (Å²) in [4.78, 5) is 21.0. The molecule has 1 aromatic carbocycles. The van der Waals surface area contributed by atoms with Crippen LogP contribution in [-0.2, 0) is 0 Å². The number of ether oxygens (including phenoxy) is 1. The van der Waals surface area contributed by atoms with Crippen molar-refractivity contribution in [3.05, 3.63) is 47.5 Å². The van der Waals surface area contributed by atoms with Crippen molar-refractivity contribution in [3.8, 4) is 5.75 Å². The lowest BCUT2D eigenvalue weighted by Crippen LogP contribution is -2.15. The van der Waals surface area contributed by atoms with Gasteiger partial charge in [-0.15, -0.1) is 0 Å². The van der Waals surface area contributed by atoms with Crippen molar-refractivity contribution in [3.63, 3.8) is 0 Å². The smallest absolute Gasteiger partial charge is 0.259 e. The molecule has 0 spiro atoms. The number of amides is 1. The first-order chi connectivity index (χ1) is 10.2. The summed E-state index contributed by atoms with van der Waals surface area (Å²) >= 11 is 0. The zero-order valence-corrected chi connectivity index (χ0v) is 12.1. The van der Waals surface area contributed by atoms with Gasteiger partial charge in [0.05, 0.1) is 18.4 Å². The molecule has 0 radical (unpaired) electrons. The number of hydrogen-bond acceptors (Lipinski definition) is 4. The van der Waals surface area contributed by atoms with E-state index in [2.05, 4.69) is 15.3 Å². The molecule has 1 N–H and O–H groups in total. The topological polar surface area (TPSA) is 64.1 Å². The second kappa shape index (κ2) is 5.52. The number of hydrogen-bond donors (Lipinski definition) is 1. The van der Waals surface area contributed by atoms with Crippen LogP contribution in [0.3, 0.4) is 0 Å². The third-order valence-electron chi connectivity index (χ3n) is 3.51. The van der Waals surface area contributed by atoms with E-state index in [0.29, 0.717) is 28.6 Å². The Morgan fingerprint density at radius 1 is 1.38 bits per heavy atom. The number of carbonyl (C=O) groups excluding carboxylic acids is 1. The van der Waals surface area contributed by atoms with Crippen LogP contribution in [0.4, 0.5) is 5.69 Å². The summed E-state index contributed by atoms with van der Waals surface area (Å²) < 4.78 is 5.14. The number of methoxy groups -OCH3 is 1. The zero-order valence-electron chi connectivity index (χ0n) is 12.1. The highest BCUT2D eigenvalue weighted by Crippen LogP contribution is 2.37. The molecule has 0 unspecified atom stereocenters. The van der Waals surface area contributed by atoms with Crippen molar-refractivity contribution >= 4 is 11.6 Å². The average molecular weight is 283 g/mol. The van der Waals surface area contributed by atoms with Crippen molar-refractivity contribution in [2.75, 3.05) is 12.4 Å². The van der Waals surface area contributed by atoms with Crippen LogP contribution in [0.1, 0.15) is 40.6 Å². The number of carbonyl (C=O) groups is 1. The first kappa shape index (κ1) is 13.5. The number of aromatic nitrogens is 2. The Hall–Kier alpha value is -2.43. The van der Waals surface area contributed by atoms with Crippen LogP contribution in [0.15, 0.2) is 30.5 Å². The molecule has 1 saturated carbocycles. The molecule has 3 rings (SSSR count). The molecule has 0 saturated heterocycles. The predicted molar refractivity (Wildman–Crippen MR) is 79.7 cm³/mol. The van der Waals surface area contributed by atoms with Gasteiger partial charge in [0, 0.05) is 23.9 Å².